The Morgan fingerprint density at radius 2 is 2.25 bits per heavy atom. The number of aromatic nitrogens is 1. The number of halogens is 1. The van der Waals surface area contributed by atoms with Crippen LogP contribution in [0.4, 0.5) is 4.39 Å². The molecular formula is C16H25FN2O. The van der Waals surface area contributed by atoms with Gasteiger partial charge in [-0.1, -0.05) is 19.8 Å². The second kappa shape index (κ2) is 7.70. The van der Waals surface area contributed by atoms with Crippen LogP contribution in [-0.4, -0.2) is 34.1 Å². The lowest BCUT2D eigenvalue weighted by Gasteiger charge is -2.29. The van der Waals surface area contributed by atoms with Gasteiger partial charge in [0.15, 0.2) is 0 Å². The third-order valence-electron chi connectivity index (χ3n) is 4.25. The lowest BCUT2D eigenvalue weighted by atomic mass is 10.1. The van der Waals surface area contributed by atoms with Gasteiger partial charge in [0.2, 0.25) is 0 Å². The van der Waals surface area contributed by atoms with Crippen LogP contribution in [0.5, 0.6) is 0 Å². The summed E-state index contributed by atoms with van der Waals surface area (Å²) in [5.41, 5.74) is 0.564. The maximum Gasteiger partial charge on any atom is 0.141 e. The Morgan fingerprint density at radius 3 is 2.95 bits per heavy atom. The number of likely N-dealkylation sites (tertiary alicyclic amines) is 1. The van der Waals surface area contributed by atoms with E-state index in [0.717, 1.165) is 13.1 Å². The van der Waals surface area contributed by atoms with E-state index in [1.165, 1.54) is 44.4 Å². The highest BCUT2D eigenvalue weighted by molar-refractivity contribution is 5.08. The summed E-state index contributed by atoms with van der Waals surface area (Å²) in [5, 5.41) is 10.2. The molecule has 2 unspecified atom stereocenters. The van der Waals surface area contributed by atoms with E-state index in [9.17, 15) is 9.50 Å². The summed E-state index contributed by atoms with van der Waals surface area (Å²) in [4.78, 5) is 6.46. The fourth-order valence-corrected chi connectivity index (χ4v) is 3.01. The summed E-state index contributed by atoms with van der Waals surface area (Å²) in [6.45, 7) is 4.25. The monoisotopic (exact) mass is 280 g/mol. The maximum atomic E-state index is 12.8. The minimum Gasteiger partial charge on any atom is -0.387 e. The van der Waals surface area contributed by atoms with Gasteiger partial charge >= 0.3 is 0 Å². The minimum atomic E-state index is -0.601. The van der Waals surface area contributed by atoms with E-state index in [4.69, 9.17) is 0 Å². The smallest absolute Gasteiger partial charge is 0.141 e. The predicted molar refractivity (Wildman–Crippen MR) is 77.9 cm³/mol. The second-order valence-electron chi connectivity index (χ2n) is 5.65. The van der Waals surface area contributed by atoms with Gasteiger partial charge in [-0.05, 0) is 44.4 Å². The molecule has 1 saturated heterocycles. The number of rotatable bonds is 5. The van der Waals surface area contributed by atoms with Crippen LogP contribution in [0.25, 0.3) is 0 Å². The first-order chi connectivity index (χ1) is 9.70. The molecule has 1 aliphatic heterocycles. The molecule has 1 aromatic rings. The van der Waals surface area contributed by atoms with E-state index >= 15 is 0 Å². The van der Waals surface area contributed by atoms with Gasteiger partial charge < -0.3 is 10.0 Å². The Balaban J connectivity index is 1.87. The molecule has 20 heavy (non-hydrogen) atoms. The molecule has 0 radical (unpaired) electrons. The summed E-state index contributed by atoms with van der Waals surface area (Å²) in [5.74, 6) is -0.362. The first-order valence-corrected chi connectivity index (χ1v) is 7.74. The number of hydrogen-bond donors (Lipinski definition) is 1. The van der Waals surface area contributed by atoms with Gasteiger partial charge in [-0.25, -0.2) is 4.39 Å². The van der Waals surface area contributed by atoms with Gasteiger partial charge in [-0.2, -0.15) is 0 Å². The highest BCUT2D eigenvalue weighted by Gasteiger charge is 2.20. The molecule has 0 aliphatic carbocycles. The third-order valence-corrected chi connectivity index (χ3v) is 4.25. The quantitative estimate of drug-likeness (QED) is 0.899. The van der Waals surface area contributed by atoms with E-state index in [1.54, 1.807) is 6.07 Å². The molecule has 1 aromatic heterocycles. The molecular weight excluding hydrogens is 255 g/mol. The summed E-state index contributed by atoms with van der Waals surface area (Å²) in [6.07, 6.45) is 7.55. The highest BCUT2D eigenvalue weighted by Crippen LogP contribution is 2.21. The Labute approximate surface area is 120 Å². The zero-order valence-corrected chi connectivity index (χ0v) is 12.3. The second-order valence-corrected chi connectivity index (χ2v) is 5.65. The van der Waals surface area contributed by atoms with Gasteiger partial charge in [0.25, 0.3) is 0 Å². The topological polar surface area (TPSA) is 36.4 Å². The average molecular weight is 280 g/mol. The molecule has 1 aliphatic rings. The molecule has 0 amide bonds. The van der Waals surface area contributed by atoms with Crippen LogP contribution >= 0.6 is 0 Å². The molecule has 0 aromatic carbocycles. The van der Waals surface area contributed by atoms with Crippen molar-refractivity contribution in [2.45, 2.75) is 57.6 Å². The summed E-state index contributed by atoms with van der Waals surface area (Å²) < 4.78 is 12.8. The fourth-order valence-electron chi connectivity index (χ4n) is 3.01. The Kier molecular flexibility index (Phi) is 5.92. The zero-order valence-electron chi connectivity index (χ0n) is 12.3. The van der Waals surface area contributed by atoms with Crippen molar-refractivity contribution in [1.29, 1.82) is 0 Å². The van der Waals surface area contributed by atoms with Crippen LogP contribution < -0.4 is 0 Å². The van der Waals surface area contributed by atoms with Crippen molar-refractivity contribution < 1.29 is 9.50 Å². The van der Waals surface area contributed by atoms with Gasteiger partial charge in [-0.15, -0.1) is 0 Å². The summed E-state index contributed by atoms with van der Waals surface area (Å²) in [6, 6.07) is 3.57. The Bertz CT molecular complexity index is 396. The van der Waals surface area contributed by atoms with Gasteiger partial charge in [-0.3, -0.25) is 4.98 Å². The lowest BCUT2D eigenvalue weighted by molar-refractivity contribution is 0.119. The van der Waals surface area contributed by atoms with Crippen molar-refractivity contribution in [3.63, 3.8) is 0 Å². The molecule has 0 saturated carbocycles. The van der Waals surface area contributed by atoms with E-state index in [2.05, 4.69) is 16.8 Å². The van der Waals surface area contributed by atoms with E-state index in [0.29, 0.717) is 18.2 Å². The first kappa shape index (κ1) is 15.4. The molecule has 2 heterocycles. The number of nitrogens with zero attached hydrogens (tertiary/aromatic N) is 2. The largest absolute Gasteiger partial charge is 0.387 e. The number of aliphatic hydroxyl groups is 1. The first-order valence-electron chi connectivity index (χ1n) is 7.74. The van der Waals surface area contributed by atoms with E-state index in [-0.39, 0.29) is 5.82 Å². The van der Waals surface area contributed by atoms with Gasteiger partial charge in [0.1, 0.15) is 5.82 Å². The summed E-state index contributed by atoms with van der Waals surface area (Å²) >= 11 is 0. The standard InChI is InChI=1S/C16H25FN2O/c1-2-14-6-4-3-5-10-19(14)11-9-16(20)15-8-7-13(17)12-18-15/h7-8,12,14,16,20H,2-6,9-11H2,1H3. The van der Waals surface area contributed by atoms with E-state index < -0.39 is 6.10 Å². The van der Waals surface area contributed by atoms with Crippen molar-refractivity contribution in [1.82, 2.24) is 9.88 Å². The molecule has 1 fully saturated rings. The van der Waals surface area contributed by atoms with Crippen molar-refractivity contribution >= 4 is 0 Å². The molecule has 1 N–H and O–H groups in total. The minimum absolute atomic E-state index is 0.362. The number of pyridine rings is 1. The van der Waals surface area contributed by atoms with Gasteiger partial charge in [0, 0.05) is 12.6 Å². The fraction of sp³-hybridized carbons (Fsp3) is 0.688. The molecule has 2 rings (SSSR count). The molecule has 0 bridgehead atoms. The number of aliphatic hydroxyl groups excluding tert-OH is 1. The van der Waals surface area contributed by atoms with Crippen LogP contribution in [-0.2, 0) is 0 Å². The van der Waals surface area contributed by atoms with Crippen molar-refractivity contribution in [2.24, 2.45) is 0 Å². The highest BCUT2D eigenvalue weighted by atomic mass is 19.1. The zero-order chi connectivity index (χ0) is 14.4. The van der Waals surface area contributed by atoms with Crippen LogP contribution in [0, 0.1) is 5.82 Å². The van der Waals surface area contributed by atoms with Gasteiger partial charge in [0.05, 0.1) is 18.0 Å². The molecule has 0 spiro atoms. The number of hydrogen-bond acceptors (Lipinski definition) is 3. The van der Waals surface area contributed by atoms with Crippen LogP contribution in [0.1, 0.15) is 57.2 Å². The van der Waals surface area contributed by atoms with Crippen molar-refractivity contribution in [3.05, 3.63) is 29.8 Å². The van der Waals surface area contributed by atoms with Crippen LogP contribution in [0.15, 0.2) is 18.3 Å². The Hall–Kier alpha value is -1.00. The average Bonchev–Trinajstić information content (AvgIpc) is 2.70. The van der Waals surface area contributed by atoms with Crippen molar-refractivity contribution in [3.8, 4) is 0 Å². The summed E-state index contributed by atoms with van der Waals surface area (Å²) in [7, 11) is 0. The SMILES string of the molecule is CCC1CCCCCN1CCC(O)c1ccc(F)cn1. The van der Waals surface area contributed by atoms with Crippen molar-refractivity contribution in [2.75, 3.05) is 13.1 Å². The molecule has 112 valence electrons. The van der Waals surface area contributed by atoms with E-state index in [1.807, 2.05) is 0 Å². The molecule has 3 nitrogen and oxygen atoms in total. The lowest BCUT2D eigenvalue weighted by Crippen LogP contribution is -2.35. The normalized spacial score (nSPS) is 22.4. The molecule has 2 atom stereocenters. The molecule has 4 heteroatoms. The Morgan fingerprint density at radius 1 is 1.40 bits per heavy atom. The third kappa shape index (κ3) is 4.25. The van der Waals surface area contributed by atoms with Crippen LogP contribution in [0.3, 0.4) is 0 Å². The maximum absolute atomic E-state index is 12.8. The predicted octanol–water partition coefficient (Wildman–Crippen LogP) is 3.30. The van der Waals surface area contributed by atoms with Crippen LogP contribution in [0.2, 0.25) is 0 Å².